The van der Waals surface area contributed by atoms with E-state index in [0.29, 0.717) is 23.9 Å². The summed E-state index contributed by atoms with van der Waals surface area (Å²) in [6.07, 6.45) is 28.1. The first-order valence-electron chi connectivity index (χ1n) is 18.1. The van der Waals surface area contributed by atoms with E-state index >= 15 is 0 Å². The Bertz CT molecular complexity index is 743. The molecular weight excluding hydrogens is 575 g/mol. The number of rotatable bonds is 32. The minimum Gasteiger partial charge on any atom is -0.391 e. The largest absolute Gasteiger partial charge is 0.472 e. The zero-order valence-electron chi connectivity index (χ0n) is 29.4. The number of amides is 1. The van der Waals surface area contributed by atoms with Crippen LogP contribution in [0.3, 0.4) is 0 Å². The van der Waals surface area contributed by atoms with Crippen LogP contribution in [0.15, 0.2) is 12.2 Å². The van der Waals surface area contributed by atoms with Gasteiger partial charge in [0, 0.05) is 6.42 Å². The number of allylic oxidation sites excluding steroid dienone is 2. The van der Waals surface area contributed by atoms with Crippen molar-refractivity contribution in [3.05, 3.63) is 12.2 Å². The molecule has 0 aliphatic heterocycles. The topological polar surface area (TPSA) is 105 Å². The molecule has 0 aromatic carbocycles. The number of unbranched alkanes of at least 4 members (excludes halogenated alkanes) is 17. The van der Waals surface area contributed by atoms with Crippen LogP contribution in [0.2, 0.25) is 0 Å². The van der Waals surface area contributed by atoms with Crippen molar-refractivity contribution in [1.82, 2.24) is 5.32 Å². The van der Waals surface area contributed by atoms with Crippen molar-refractivity contribution < 1.29 is 32.9 Å². The molecule has 0 saturated heterocycles. The molecule has 9 heteroatoms. The molecule has 44 heavy (non-hydrogen) atoms. The number of quaternary nitrogens is 1. The minimum atomic E-state index is -4.30. The van der Waals surface area contributed by atoms with Gasteiger partial charge in [-0.1, -0.05) is 122 Å². The van der Waals surface area contributed by atoms with Gasteiger partial charge in [-0.2, -0.15) is 0 Å². The van der Waals surface area contributed by atoms with Gasteiger partial charge in [0.1, 0.15) is 13.2 Å². The third-order valence-corrected chi connectivity index (χ3v) is 9.00. The lowest BCUT2D eigenvalue weighted by molar-refractivity contribution is -0.870. The standard InChI is InChI=1S/C35H71N2O6P/c1-6-8-10-12-14-16-18-19-21-23-25-27-29-35(39)36-33(32-43-44(40,41)42-31-30-37(3,4)5)34(38)28-26-24-22-20-17-15-13-11-9-7-2/h17,20,33-34,38H,6-16,18-19,21-32H2,1-5H3,(H-,36,39,40,41)/p+1/b20-17+/t33-,34+/m0/s1. The average Bonchev–Trinajstić information content (AvgIpc) is 2.95. The van der Waals surface area contributed by atoms with Crippen molar-refractivity contribution in [3.63, 3.8) is 0 Å². The maximum absolute atomic E-state index is 12.7. The van der Waals surface area contributed by atoms with Crippen molar-refractivity contribution >= 4 is 13.7 Å². The fourth-order valence-electron chi connectivity index (χ4n) is 5.04. The van der Waals surface area contributed by atoms with Gasteiger partial charge >= 0.3 is 7.82 Å². The van der Waals surface area contributed by atoms with Crippen LogP contribution in [0.4, 0.5) is 0 Å². The summed E-state index contributed by atoms with van der Waals surface area (Å²) in [5, 5.41) is 13.8. The minimum absolute atomic E-state index is 0.0714. The molecule has 0 heterocycles. The molecule has 0 saturated carbocycles. The van der Waals surface area contributed by atoms with Crippen LogP contribution in [-0.4, -0.2) is 73.4 Å². The number of aliphatic hydroxyl groups is 1. The average molecular weight is 648 g/mol. The Labute approximate surface area is 272 Å². The van der Waals surface area contributed by atoms with Crippen LogP contribution >= 0.6 is 7.82 Å². The lowest BCUT2D eigenvalue weighted by Crippen LogP contribution is -2.46. The summed E-state index contributed by atoms with van der Waals surface area (Å²) in [5.74, 6) is -0.158. The number of likely N-dealkylation sites (N-methyl/N-ethyl adjacent to an activating group) is 1. The molecule has 0 bridgehead atoms. The first-order chi connectivity index (χ1) is 21.0. The number of phosphoric acid groups is 1. The van der Waals surface area contributed by atoms with Crippen LogP contribution in [0.5, 0.6) is 0 Å². The van der Waals surface area contributed by atoms with E-state index in [4.69, 9.17) is 9.05 Å². The van der Waals surface area contributed by atoms with E-state index in [-0.39, 0.29) is 19.1 Å². The van der Waals surface area contributed by atoms with Gasteiger partial charge in [-0.3, -0.25) is 13.8 Å². The maximum atomic E-state index is 12.7. The summed E-state index contributed by atoms with van der Waals surface area (Å²) >= 11 is 0. The van der Waals surface area contributed by atoms with E-state index in [1.165, 1.54) is 83.5 Å². The summed E-state index contributed by atoms with van der Waals surface area (Å²) in [6.45, 7) is 4.81. The van der Waals surface area contributed by atoms with Crippen molar-refractivity contribution in [3.8, 4) is 0 Å². The predicted molar refractivity (Wildman–Crippen MR) is 185 cm³/mol. The number of hydrogen-bond acceptors (Lipinski definition) is 5. The second-order valence-electron chi connectivity index (χ2n) is 13.6. The number of hydrogen-bond donors (Lipinski definition) is 3. The Morgan fingerprint density at radius 3 is 1.75 bits per heavy atom. The van der Waals surface area contributed by atoms with Gasteiger partial charge < -0.3 is 19.8 Å². The normalized spacial score (nSPS) is 15.0. The molecule has 1 amide bonds. The van der Waals surface area contributed by atoms with E-state index < -0.39 is 20.0 Å². The highest BCUT2D eigenvalue weighted by molar-refractivity contribution is 7.47. The number of nitrogens with one attached hydrogen (secondary N) is 1. The zero-order chi connectivity index (χ0) is 32.9. The fourth-order valence-corrected chi connectivity index (χ4v) is 5.77. The van der Waals surface area contributed by atoms with Gasteiger partial charge in [-0.15, -0.1) is 0 Å². The molecule has 1 unspecified atom stereocenters. The maximum Gasteiger partial charge on any atom is 0.472 e. The molecular formula is C35H72N2O6P+. The van der Waals surface area contributed by atoms with E-state index in [2.05, 4.69) is 31.3 Å². The molecule has 262 valence electrons. The zero-order valence-corrected chi connectivity index (χ0v) is 30.3. The summed E-state index contributed by atoms with van der Waals surface area (Å²) in [4.78, 5) is 22.9. The van der Waals surface area contributed by atoms with Crippen molar-refractivity contribution in [1.29, 1.82) is 0 Å². The van der Waals surface area contributed by atoms with Crippen LogP contribution < -0.4 is 5.32 Å². The van der Waals surface area contributed by atoms with Gasteiger partial charge in [0.05, 0.1) is 39.9 Å². The highest BCUT2D eigenvalue weighted by atomic mass is 31.2. The second-order valence-corrected chi connectivity index (χ2v) is 15.1. The molecule has 0 fully saturated rings. The SMILES string of the molecule is CCCCCC/C=C/CCCC[C@@H](O)[C@H](COP(=O)(O)OCC[N+](C)(C)C)NC(=O)CCCCCCCCCCCCCC. The monoisotopic (exact) mass is 648 g/mol. The quantitative estimate of drug-likeness (QED) is 0.0292. The molecule has 8 nitrogen and oxygen atoms in total. The van der Waals surface area contributed by atoms with E-state index in [1.54, 1.807) is 0 Å². The van der Waals surface area contributed by atoms with Crippen molar-refractivity contribution in [2.45, 2.75) is 167 Å². The number of aliphatic hydroxyl groups excluding tert-OH is 1. The molecule has 3 N–H and O–H groups in total. The fraction of sp³-hybridized carbons (Fsp3) is 0.914. The van der Waals surface area contributed by atoms with E-state index in [0.717, 1.165) is 44.9 Å². The summed E-state index contributed by atoms with van der Waals surface area (Å²) in [5.41, 5.74) is 0. The molecule has 0 aliphatic carbocycles. The Balaban J connectivity index is 4.53. The molecule has 3 atom stereocenters. The molecule has 0 spiro atoms. The van der Waals surface area contributed by atoms with Crippen LogP contribution in [0.25, 0.3) is 0 Å². The van der Waals surface area contributed by atoms with Gasteiger partial charge in [0.2, 0.25) is 5.91 Å². The highest BCUT2D eigenvalue weighted by Gasteiger charge is 2.28. The molecule has 0 aliphatic rings. The summed E-state index contributed by atoms with van der Waals surface area (Å²) < 4.78 is 23.4. The van der Waals surface area contributed by atoms with Crippen molar-refractivity contribution in [2.75, 3.05) is 40.9 Å². The van der Waals surface area contributed by atoms with Gasteiger partial charge in [0.15, 0.2) is 0 Å². The van der Waals surface area contributed by atoms with Crippen LogP contribution in [0.1, 0.15) is 155 Å². The Kier molecular flexibility index (Phi) is 28.0. The third kappa shape index (κ3) is 29.9. The second kappa shape index (κ2) is 28.5. The first-order valence-corrected chi connectivity index (χ1v) is 19.5. The van der Waals surface area contributed by atoms with E-state index in [1.807, 2.05) is 21.1 Å². The number of phosphoric ester groups is 1. The molecule has 0 radical (unpaired) electrons. The first kappa shape index (κ1) is 43.2. The van der Waals surface area contributed by atoms with Crippen LogP contribution in [0, 0.1) is 0 Å². The van der Waals surface area contributed by atoms with Gasteiger partial charge in [0.25, 0.3) is 0 Å². The highest BCUT2D eigenvalue weighted by Crippen LogP contribution is 2.43. The van der Waals surface area contributed by atoms with Gasteiger partial charge in [-0.25, -0.2) is 4.57 Å². The number of carbonyl (C=O) groups is 1. The smallest absolute Gasteiger partial charge is 0.391 e. The predicted octanol–water partition coefficient (Wildman–Crippen LogP) is 8.85. The lowest BCUT2D eigenvalue weighted by Gasteiger charge is -2.26. The Hall–Kier alpha value is -0.760. The van der Waals surface area contributed by atoms with Crippen molar-refractivity contribution in [2.24, 2.45) is 0 Å². The molecule has 0 rings (SSSR count). The molecule has 0 aromatic rings. The van der Waals surface area contributed by atoms with Crippen LogP contribution in [-0.2, 0) is 18.4 Å². The Morgan fingerprint density at radius 1 is 0.750 bits per heavy atom. The van der Waals surface area contributed by atoms with Gasteiger partial charge in [-0.05, 0) is 38.5 Å². The third-order valence-electron chi connectivity index (χ3n) is 8.01. The summed E-state index contributed by atoms with van der Waals surface area (Å²) in [7, 11) is 1.60. The van der Waals surface area contributed by atoms with E-state index in [9.17, 15) is 19.4 Å². The molecule has 0 aromatic heterocycles. The number of carbonyl (C=O) groups excluding carboxylic acids is 1. The lowest BCUT2D eigenvalue weighted by atomic mass is 10.0. The Morgan fingerprint density at radius 2 is 1.23 bits per heavy atom. The summed E-state index contributed by atoms with van der Waals surface area (Å²) in [6, 6.07) is -0.767. The number of nitrogens with zero attached hydrogens (tertiary/aromatic N) is 1.